The topological polar surface area (TPSA) is 81.8 Å². The van der Waals surface area contributed by atoms with E-state index in [1.165, 1.54) is 4.68 Å². The molecule has 7 nitrogen and oxygen atoms in total. The summed E-state index contributed by atoms with van der Waals surface area (Å²) in [5.74, 6) is -0.265. The van der Waals surface area contributed by atoms with Gasteiger partial charge in [-0.15, -0.1) is 0 Å². The molecule has 1 atom stereocenters. The molecule has 0 fully saturated rings. The van der Waals surface area contributed by atoms with Gasteiger partial charge in [0.2, 0.25) is 5.91 Å². The fraction of sp³-hybridized carbons (Fsp3) is 0.280. The summed E-state index contributed by atoms with van der Waals surface area (Å²) in [4.78, 5) is 26.6. The lowest BCUT2D eigenvalue weighted by Crippen LogP contribution is -2.35. The highest BCUT2D eigenvalue weighted by Crippen LogP contribution is 2.22. The molecule has 0 saturated heterocycles. The monoisotopic (exact) mass is 429 g/mol. The molecule has 0 unspecified atom stereocenters. The molecule has 0 saturated carbocycles. The number of carbonyl (C=O) groups is 1. The Morgan fingerprint density at radius 2 is 1.66 bits per heavy atom. The molecule has 0 aliphatic heterocycles. The van der Waals surface area contributed by atoms with E-state index in [-0.39, 0.29) is 11.5 Å². The lowest BCUT2D eigenvalue weighted by atomic mass is 10.1. The maximum atomic E-state index is 13.5. The Labute approximate surface area is 186 Å². The van der Waals surface area contributed by atoms with E-state index in [0.29, 0.717) is 28.7 Å². The summed E-state index contributed by atoms with van der Waals surface area (Å²) in [7, 11) is 0. The smallest absolute Gasteiger partial charge is 0.278 e. The van der Waals surface area contributed by atoms with Crippen molar-refractivity contribution in [2.45, 2.75) is 47.1 Å². The van der Waals surface area contributed by atoms with Crippen LogP contribution in [0.2, 0.25) is 0 Å². The Morgan fingerprint density at radius 1 is 1.00 bits per heavy atom. The number of hydrogen-bond acceptors (Lipinski definition) is 4. The van der Waals surface area contributed by atoms with Crippen LogP contribution >= 0.6 is 0 Å². The number of anilines is 1. The average Bonchev–Trinajstić information content (AvgIpc) is 3.10. The molecule has 2 heterocycles. The maximum Gasteiger partial charge on any atom is 0.278 e. The highest BCUT2D eigenvalue weighted by atomic mass is 16.2. The van der Waals surface area contributed by atoms with Crippen LogP contribution < -0.4 is 10.9 Å². The third-order valence-corrected chi connectivity index (χ3v) is 5.61. The Bertz CT molecular complexity index is 1350. The molecule has 32 heavy (non-hydrogen) atoms. The van der Waals surface area contributed by atoms with Gasteiger partial charge in [0.05, 0.1) is 22.5 Å². The Balaban J connectivity index is 1.79. The van der Waals surface area contributed by atoms with Gasteiger partial charge in [-0.1, -0.05) is 31.2 Å². The molecule has 4 rings (SSSR count). The first kappa shape index (κ1) is 21.5. The van der Waals surface area contributed by atoms with Gasteiger partial charge in [0.1, 0.15) is 11.6 Å². The van der Waals surface area contributed by atoms with Crippen LogP contribution in [0.5, 0.6) is 0 Å². The predicted molar refractivity (Wildman–Crippen MR) is 126 cm³/mol. The standard InChI is InChI=1S/C25H27N5O2/c1-6-21(24(31)26-19-13-15(2)12-16(3)14-19)30-25(32)22-18(5)29(20-10-8-7-9-11-20)28-23(22)17(4)27-30/h7-14,21H,6H2,1-5H3,(H,26,31)/t21-/m0/s1. The number of fused-ring (bicyclic) bond motifs is 1. The van der Waals surface area contributed by atoms with Crippen molar-refractivity contribution in [1.82, 2.24) is 19.6 Å². The Morgan fingerprint density at radius 3 is 2.28 bits per heavy atom. The number of amides is 1. The van der Waals surface area contributed by atoms with E-state index in [2.05, 4.69) is 15.5 Å². The van der Waals surface area contributed by atoms with Gasteiger partial charge in [0.25, 0.3) is 5.56 Å². The second kappa shape index (κ2) is 8.42. The van der Waals surface area contributed by atoms with E-state index < -0.39 is 6.04 Å². The molecule has 164 valence electrons. The van der Waals surface area contributed by atoms with Crippen molar-refractivity contribution >= 4 is 22.5 Å². The van der Waals surface area contributed by atoms with E-state index in [4.69, 9.17) is 0 Å². The summed E-state index contributed by atoms with van der Waals surface area (Å²) in [5.41, 5.74) is 5.27. The zero-order chi connectivity index (χ0) is 23.0. The summed E-state index contributed by atoms with van der Waals surface area (Å²) in [5, 5.41) is 12.6. The van der Waals surface area contributed by atoms with Gasteiger partial charge in [-0.2, -0.15) is 10.2 Å². The van der Waals surface area contributed by atoms with Crippen molar-refractivity contribution < 1.29 is 4.79 Å². The number of hydrogen-bond donors (Lipinski definition) is 1. The van der Waals surface area contributed by atoms with Crippen molar-refractivity contribution in [2.24, 2.45) is 0 Å². The van der Waals surface area contributed by atoms with Crippen LogP contribution in [-0.4, -0.2) is 25.5 Å². The van der Waals surface area contributed by atoms with Crippen LogP contribution in [0.3, 0.4) is 0 Å². The van der Waals surface area contributed by atoms with Gasteiger partial charge in [0, 0.05) is 5.69 Å². The summed E-state index contributed by atoms with van der Waals surface area (Å²) >= 11 is 0. The minimum absolute atomic E-state index is 0.265. The molecule has 2 aromatic carbocycles. The molecule has 0 radical (unpaired) electrons. The average molecular weight is 430 g/mol. The molecule has 7 heteroatoms. The van der Waals surface area contributed by atoms with Gasteiger partial charge < -0.3 is 5.32 Å². The number of nitrogens with one attached hydrogen (secondary N) is 1. The minimum atomic E-state index is -0.731. The van der Waals surface area contributed by atoms with Crippen LogP contribution in [0, 0.1) is 27.7 Å². The molecule has 0 aliphatic carbocycles. The number of aryl methyl sites for hydroxylation is 4. The summed E-state index contributed by atoms with van der Waals surface area (Å²) in [6.07, 6.45) is 0.431. The number of nitrogens with zero attached hydrogens (tertiary/aromatic N) is 4. The van der Waals surface area contributed by atoms with Crippen LogP contribution in [0.1, 0.15) is 41.9 Å². The first-order chi connectivity index (χ1) is 15.3. The number of benzene rings is 2. The predicted octanol–water partition coefficient (Wildman–Crippen LogP) is 4.41. The van der Waals surface area contributed by atoms with Crippen LogP contribution in [-0.2, 0) is 4.79 Å². The summed E-state index contributed by atoms with van der Waals surface area (Å²) in [6, 6.07) is 14.8. The van der Waals surface area contributed by atoms with E-state index in [0.717, 1.165) is 22.5 Å². The minimum Gasteiger partial charge on any atom is -0.324 e. The maximum absolute atomic E-state index is 13.5. The molecule has 1 amide bonds. The normalized spacial score (nSPS) is 12.2. The van der Waals surface area contributed by atoms with Crippen molar-refractivity contribution in [3.05, 3.63) is 81.4 Å². The fourth-order valence-corrected chi connectivity index (χ4v) is 4.15. The van der Waals surface area contributed by atoms with E-state index >= 15 is 0 Å². The van der Waals surface area contributed by atoms with E-state index in [9.17, 15) is 9.59 Å². The van der Waals surface area contributed by atoms with Gasteiger partial charge in [-0.3, -0.25) is 9.59 Å². The molecule has 0 bridgehead atoms. The van der Waals surface area contributed by atoms with Gasteiger partial charge in [-0.05, 0) is 69.5 Å². The largest absolute Gasteiger partial charge is 0.324 e. The third kappa shape index (κ3) is 3.82. The number of rotatable bonds is 5. The van der Waals surface area contributed by atoms with Crippen molar-refractivity contribution in [2.75, 3.05) is 5.32 Å². The third-order valence-electron chi connectivity index (χ3n) is 5.61. The first-order valence-corrected chi connectivity index (χ1v) is 10.7. The first-order valence-electron chi connectivity index (χ1n) is 10.7. The Hall–Kier alpha value is -3.74. The van der Waals surface area contributed by atoms with Gasteiger partial charge in [0.15, 0.2) is 0 Å². The van der Waals surface area contributed by atoms with Crippen molar-refractivity contribution in [1.29, 1.82) is 0 Å². The summed E-state index contributed by atoms with van der Waals surface area (Å²) < 4.78 is 3.06. The van der Waals surface area contributed by atoms with Crippen molar-refractivity contribution in [3.8, 4) is 5.69 Å². The number of aromatic nitrogens is 4. The Kier molecular flexibility index (Phi) is 5.65. The highest BCUT2D eigenvalue weighted by molar-refractivity contribution is 5.94. The quantitative estimate of drug-likeness (QED) is 0.510. The van der Waals surface area contributed by atoms with Gasteiger partial charge >= 0.3 is 0 Å². The van der Waals surface area contributed by atoms with E-state index in [1.807, 2.05) is 83.1 Å². The zero-order valence-electron chi connectivity index (χ0n) is 19.0. The van der Waals surface area contributed by atoms with Crippen LogP contribution in [0.25, 0.3) is 16.6 Å². The van der Waals surface area contributed by atoms with Crippen molar-refractivity contribution in [3.63, 3.8) is 0 Å². The summed E-state index contributed by atoms with van der Waals surface area (Å²) in [6.45, 7) is 9.52. The van der Waals surface area contributed by atoms with Crippen LogP contribution in [0.4, 0.5) is 5.69 Å². The molecule has 2 aromatic heterocycles. The number of carbonyl (C=O) groups excluding carboxylic acids is 1. The van der Waals surface area contributed by atoms with E-state index in [1.54, 1.807) is 4.68 Å². The SMILES string of the molecule is CC[C@@H](C(=O)Nc1cc(C)cc(C)c1)n1nc(C)c2nn(-c3ccccc3)c(C)c2c1=O. The van der Waals surface area contributed by atoms with Gasteiger partial charge in [-0.25, -0.2) is 9.36 Å². The molecule has 0 spiro atoms. The zero-order valence-corrected chi connectivity index (χ0v) is 19.0. The fourth-order valence-electron chi connectivity index (χ4n) is 4.15. The molecule has 0 aliphatic rings. The second-order valence-corrected chi connectivity index (χ2v) is 8.18. The molecule has 4 aromatic rings. The number of para-hydroxylation sites is 1. The lowest BCUT2D eigenvalue weighted by Gasteiger charge is -2.18. The van der Waals surface area contributed by atoms with Crippen LogP contribution in [0.15, 0.2) is 53.3 Å². The molecule has 1 N–H and O–H groups in total. The highest BCUT2D eigenvalue weighted by Gasteiger charge is 2.25. The lowest BCUT2D eigenvalue weighted by molar-refractivity contribution is -0.119. The molecular weight excluding hydrogens is 402 g/mol. The second-order valence-electron chi connectivity index (χ2n) is 8.18. The molecular formula is C25H27N5O2.